The minimum absolute atomic E-state index is 0.0670. The van der Waals surface area contributed by atoms with Crippen molar-refractivity contribution in [2.45, 2.75) is 31.5 Å². The van der Waals surface area contributed by atoms with Crippen molar-refractivity contribution in [1.82, 2.24) is 20.1 Å². The van der Waals surface area contributed by atoms with Gasteiger partial charge in [0.25, 0.3) is 0 Å². The Balaban J connectivity index is 2.08. The van der Waals surface area contributed by atoms with Crippen LogP contribution in [0.1, 0.15) is 20.3 Å². The Morgan fingerprint density at radius 1 is 1.12 bits per heavy atom. The summed E-state index contributed by atoms with van der Waals surface area (Å²) in [4.78, 5) is 12.3. The first-order valence-corrected chi connectivity index (χ1v) is 11.3. The number of rotatable bonds is 10. The number of hydrogen-bond acceptors (Lipinski definition) is 7. The highest BCUT2D eigenvalue weighted by molar-refractivity contribution is 7.99. The molecule has 1 atom stereocenters. The summed E-state index contributed by atoms with van der Waals surface area (Å²) in [5, 5.41) is 11.8. The summed E-state index contributed by atoms with van der Waals surface area (Å²) < 4.78 is 32.7. The highest BCUT2D eigenvalue weighted by atomic mass is 32.2. The van der Waals surface area contributed by atoms with Crippen molar-refractivity contribution in [2.24, 2.45) is 0 Å². The molecule has 3 rings (SSSR count). The molecule has 10 heteroatoms. The Bertz CT molecular complexity index is 1100. The van der Waals surface area contributed by atoms with Crippen LogP contribution in [0.4, 0.5) is 4.39 Å². The largest absolute Gasteiger partial charge is 0.493 e. The van der Waals surface area contributed by atoms with Gasteiger partial charge >= 0.3 is 0 Å². The number of hydrogen-bond donors (Lipinski definition) is 1. The van der Waals surface area contributed by atoms with Gasteiger partial charge in [-0.3, -0.25) is 9.36 Å². The van der Waals surface area contributed by atoms with Crippen LogP contribution in [0.5, 0.6) is 17.2 Å². The molecule has 0 saturated heterocycles. The highest BCUT2D eigenvalue weighted by Crippen LogP contribution is 2.41. The van der Waals surface area contributed by atoms with Gasteiger partial charge < -0.3 is 19.5 Å². The third kappa shape index (κ3) is 5.39. The maximum Gasteiger partial charge on any atom is 0.230 e. The Hall–Kier alpha value is -3.27. The lowest BCUT2D eigenvalue weighted by Crippen LogP contribution is -2.33. The number of nitrogens with zero attached hydrogens (tertiary/aromatic N) is 3. The molecule has 1 amide bonds. The molecule has 1 unspecified atom stereocenters. The second-order valence-electron chi connectivity index (χ2n) is 7.17. The van der Waals surface area contributed by atoms with Gasteiger partial charge in [-0.25, -0.2) is 4.39 Å². The molecule has 1 heterocycles. The second kappa shape index (κ2) is 11.0. The number of ether oxygens (including phenoxy) is 3. The first-order chi connectivity index (χ1) is 15.9. The SMILES string of the molecule is CCC(C)NC(=O)CSc1nnc(-c2cc(OC)c(OC)c(OC)c2)n1-c1ccccc1F. The minimum Gasteiger partial charge on any atom is -0.493 e. The van der Waals surface area contributed by atoms with Gasteiger partial charge in [0.15, 0.2) is 22.5 Å². The van der Waals surface area contributed by atoms with E-state index in [1.54, 1.807) is 34.9 Å². The summed E-state index contributed by atoms with van der Waals surface area (Å²) >= 11 is 1.18. The number of amides is 1. The number of halogens is 1. The molecule has 0 aliphatic rings. The van der Waals surface area contributed by atoms with Crippen LogP contribution in [0.15, 0.2) is 41.6 Å². The van der Waals surface area contributed by atoms with Crippen LogP contribution in [0.2, 0.25) is 0 Å². The standard InChI is InChI=1S/C23H27FN4O4S/c1-6-14(2)25-20(29)13-33-23-27-26-22(28(23)17-10-8-7-9-16(17)24)15-11-18(30-3)21(32-5)19(12-15)31-4/h7-12,14H,6,13H2,1-5H3,(H,25,29). The third-order valence-corrected chi connectivity index (χ3v) is 5.93. The number of benzene rings is 2. The predicted molar refractivity (Wildman–Crippen MR) is 125 cm³/mol. The fraction of sp³-hybridized carbons (Fsp3) is 0.348. The summed E-state index contributed by atoms with van der Waals surface area (Å²) in [6, 6.07) is 9.81. The summed E-state index contributed by atoms with van der Waals surface area (Å²) in [5.41, 5.74) is 0.840. The zero-order valence-electron chi connectivity index (χ0n) is 19.2. The van der Waals surface area contributed by atoms with E-state index in [0.29, 0.717) is 33.8 Å². The van der Waals surface area contributed by atoms with E-state index in [9.17, 15) is 9.18 Å². The van der Waals surface area contributed by atoms with Crippen molar-refractivity contribution >= 4 is 17.7 Å². The van der Waals surface area contributed by atoms with Gasteiger partial charge in [0, 0.05) is 11.6 Å². The minimum atomic E-state index is -0.447. The molecule has 0 saturated carbocycles. The van der Waals surface area contributed by atoms with E-state index in [2.05, 4.69) is 15.5 Å². The maximum absolute atomic E-state index is 14.8. The number of nitrogens with one attached hydrogen (secondary N) is 1. The van der Waals surface area contributed by atoms with Gasteiger partial charge in [0.1, 0.15) is 5.82 Å². The molecule has 0 aliphatic carbocycles. The molecule has 1 N–H and O–H groups in total. The fourth-order valence-corrected chi connectivity index (χ4v) is 3.92. The van der Waals surface area contributed by atoms with E-state index in [1.165, 1.54) is 39.2 Å². The van der Waals surface area contributed by atoms with Crippen molar-refractivity contribution in [2.75, 3.05) is 27.1 Å². The number of methoxy groups -OCH3 is 3. The Morgan fingerprint density at radius 3 is 2.36 bits per heavy atom. The van der Waals surface area contributed by atoms with Gasteiger partial charge in [-0.05, 0) is 37.6 Å². The molecule has 0 radical (unpaired) electrons. The Morgan fingerprint density at radius 2 is 1.79 bits per heavy atom. The molecule has 2 aromatic carbocycles. The molecule has 3 aromatic rings. The smallest absolute Gasteiger partial charge is 0.230 e. The van der Waals surface area contributed by atoms with Crippen molar-refractivity contribution in [1.29, 1.82) is 0 Å². The molecule has 0 bridgehead atoms. The van der Waals surface area contributed by atoms with Crippen LogP contribution in [0, 0.1) is 5.82 Å². The van der Waals surface area contributed by atoms with E-state index in [1.807, 2.05) is 13.8 Å². The van der Waals surface area contributed by atoms with Crippen LogP contribution in [0.3, 0.4) is 0 Å². The third-order valence-electron chi connectivity index (χ3n) is 5.00. The average molecular weight is 475 g/mol. The lowest BCUT2D eigenvalue weighted by molar-refractivity contribution is -0.119. The molecule has 176 valence electrons. The fourth-order valence-electron chi connectivity index (χ4n) is 3.16. The molecule has 1 aromatic heterocycles. The van der Waals surface area contributed by atoms with E-state index in [0.717, 1.165) is 6.42 Å². The predicted octanol–water partition coefficient (Wildman–Crippen LogP) is 4.11. The lowest BCUT2D eigenvalue weighted by atomic mass is 10.1. The maximum atomic E-state index is 14.8. The van der Waals surface area contributed by atoms with Crippen LogP contribution in [0.25, 0.3) is 17.1 Å². The van der Waals surface area contributed by atoms with Crippen LogP contribution in [-0.4, -0.2) is 53.8 Å². The summed E-state index contributed by atoms with van der Waals surface area (Å²) in [7, 11) is 4.54. The van der Waals surface area contributed by atoms with E-state index < -0.39 is 5.82 Å². The molecule has 33 heavy (non-hydrogen) atoms. The van der Waals surface area contributed by atoms with Crippen LogP contribution < -0.4 is 19.5 Å². The van der Waals surface area contributed by atoms with Crippen molar-refractivity contribution in [3.63, 3.8) is 0 Å². The van der Waals surface area contributed by atoms with E-state index in [-0.39, 0.29) is 23.4 Å². The van der Waals surface area contributed by atoms with E-state index in [4.69, 9.17) is 14.2 Å². The van der Waals surface area contributed by atoms with Crippen molar-refractivity contribution < 1.29 is 23.4 Å². The highest BCUT2D eigenvalue weighted by Gasteiger charge is 2.22. The average Bonchev–Trinajstić information content (AvgIpc) is 3.25. The number of thioether (sulfide) groups is 1. The molecule has 0 fully saturated rings. The topological polar surface area (TPSA) is 87.5 Å². The number of para-hydroxylation sites is 1. The molecule has 0 spiro atoms. The normalized spacial score (nSPS) is 11.7. The number of aromatic nitrogens is 3. The summed E-state index contributed by atoms with van der Waals surface area (Å²) in [5.74, 6) is 1.19. The van der Waals surface area contributed by atoms with Gasteiger partial charge in [-0.1, -0.05) is 30.8 Å². The van der Waals surface area contributed by atoms with Crippen LogP contribution >= 0.6 is 11.8 Å². The molecular weight excluding hydrogens is 447 g/mol. The van der Waals surface area contributed by atoms with E-state index >= 15 is 0 Å². The van der Waals surface area contributed by atoms with Crippen molar-refractivity contribution in [3.8, 4) is 34.3 Å². The number of carbonyl (C=O) groups is 1. The Labute approximate surface area is 196 Å². The Kier molecular flexibility index (Phi) is 8.16. The molecule has 8 nitrogen and oxygen atoms in total. The summed E-state index contributed by atoms with van der Waals surface area (Å²) in [6.07, 6.45) is 0.826. The van der Waals surface area contributed by atoms with Gasteiger partial charge in [-0.2, -0.15) is 0 Å². The van der Waals surface area contributed by atoms with Gasteiger partial charge in [0.2, 0.25) is 11.7 Å². The lowest BCUT2D eigenvalue weighted by Gasteiger charge is -2.15. The zero-order valence-corrected chi connectivity index (χ0v) is 20.0. The zero-order chi connectivity index (χ0) is 24.0. The monoisotopic (exact) mass is 474 g/mol. The second-order valence-corrected chi connectivity index (χ2v) is 8.12. The quantitative estimate of drug-likeness (QED) is 0.443. The van der Waals surface area contributed by atoms with Crippen LogP contribution in [-0.2, 0) is 4.79 Å². The molecule has 0 aliphatic heterocycles. The van der Waals surface area contributed by atoms with Gasteiger partial charge in [-0.15, -0.1) is 10.2 Å². The summed E-state index contributed by atoms with van der Waals surface area (Å²) in [6.45, 7) is 3.93. The van der Waals surface area contributed by atoms with Crippen molar-refractivity contribution in [3.05, 3.63) is 42.2 Å². The number of carbonyl (C=O) groups excluding carboxylic acids is 1. The first kappa shape index (κ1) is 24.4. The first-order valence-electron chi connectivity index (χ1n) is 10.4. The molecular formula is C23H27FN4O4S. The van der Waals surface area contributed by atoms with Gasteiger partial charge in [0.05, 0.1) is 32.8 Å².